The molecule has 0 amide bonds. The van der Waals surface area contributed by atoms with Crippen molar-refractivity contribution in [3.8, 4) is 11.3 Å². The van der Waals surface area contributed by atoms with E-state index in [1.165, 1.54) is 29.3 Å². The Morgan fingerprint density at radius 1 is 1.12 bits per heavy atom. The highest BCUT2D eigenvalue weighted by molar-refractivity contribution is 7.14. The fourth-order valence-electron chi connectivity index (χ4n) is 5.52. The van der Waals surface area contributed by atoms with E-state index in [4.69, 9.17) is 0 Å². The summed E-state index contributed by atoms with van der Waals surface area (Å²) < 4.78 is 16.6. The lowest BCUT2D eigenvalue weighted by Crippen LogP contribution is -2.30. The lowest BCUT2D eigenvalue weighted by molar-refractivity contribution is 0.0983. The van der Waals surface area contributed by atoms with Crippen LogP contribution in [0.15, 0.2) is 41.2 Å². The zero-order valence-corrected chi connectivity index (χ0v) is 23.5. The summed E-state index contributed by atoms with van der Waals surface area (Å²) in [6, 6.07) is 10.6. The van der Waals surface area contributed by atoms with Crippen LogP contribution in [0.1, 0.15) is 63.5 Å². The van der Waals surface area contributed by atoms with E-state index >= 15 is 0 Å². The number of likely N-dealkylation sites (N-methyl/N-ethyl adjacent to an activating group) is 1. The van der Waals surface area contributed by atoms with Gasteiger partial charge in [0.15, 0.2) is 11.6 Å². The number of unbranched alkanes of at least 4 members (excludes halogenated alkanes) is 1. The van der Waals surface area contributed by atoms with Crippen molar-refractivity contribution in [3.63, 3.8) is 0 Å². The molecule has 4 aromatic rings. The normalized spacial score (nSPS) is 15.1. The minimum absolute atomic E-state index is 0.191. The molecule has 1 aliphatic carbocycles. The van der Waals surface area contributed by atoms with Gasteiger partial charge in [0, 0.05) is 36.0 Å². The number of H-pyrrole nitrogens is 1. The molecule has 1 aromatic carbocycles. The van der Waals surface area contributed by atoms with E-state index in [-0.39, 0.29) is 17.2 Å². The average Bonchev–Trinajstić information content (AvgIpc) is 3.56. The molecule has 0 atom stereocenters. The second-order valence-electron chi connectivity index (χ2n) is 10.8. The van der Waals surface area contributed by atoms with Crippen LogP contribution in [0.5, 0.6) is 0 Å². The molecule has 10 heteroatoms. The summed E-state index contributed by atoms with van der Waals surface area (Å²) in [6.07, 6.45) is 7.01. The molecule has 0 radical (unpaired) electrons. The highest BCUT2D eigenvalue weighted by Gasteiger charge is 2.18. The van der Waals surface area contributed by atoms with E-state index < -0.39 is 0 Å². The number of rotatable bonds is 9. The lowest BCUT2D eigenvalue weighted by Gasteiger charge is -2.22. The standard InChI is InChI=1S/C30H33FN6O2S/c1-36-12-13-37-22(18-36)16-29(35-37)32-25-17-24(33-34-30(25)39)20-10-11-23(31)19(14-20)6-2-4-8-26(38)28-15-21-7-3-5-9-27(21)40-28/h10-11,14-17H,2-9,12-13,18H2,1H3,(H,34,39)(H,32,33,35). The summed E-state index contributed by atoms with van der Waals surface area (Å²) in [6.45, 7) is 2.52. The molecule has 6 rings (SSSR count). The molecule has 0 fully saturated rings. The van der Waals surface area contributed by atoms with Crippen LogP contribution in [0.4, 0.5) is 15.9 Å². The molecular weight excluding hydrogens is 527 g/mol. The minimum Gasteiger partial charge on any atom is -0.334 e. The van der Waals surface area contributed by atoms with Gasteiger partial charge in [0.1, 0.15) is 11.5 Å². The Bertz CT molecular complexity index is 1580. The van der Waals surface area contributed by atoms with Gasteiger partial charge in [0.25, 0.3) is 5.56 Å². The number of fused-ring (bicyclic) bond motifs is 2. The molecule has 0 saturated carbocycles. The molecule has 2 N–H and O–H groups in total. The lowest BCUT2D eigenvalue weighted by atomic mass is 9.98. The largest absolute Gasteiger partial charge is 0.334 e. The van der Waals surface area contributed by atoms with Crippen LogP contribution in [0, 0.1) is 5.82 Å². The molecular formula is C30H33FN6O2S. The highest BCUT2D eigenvalue weighted by Crippen LogP contribution is 2.31. The summed E-state index contributed by atoms with van der Waals surface area (Å²) in [4.78, 5) is 29.7. The van der Waals surface area contributed by atoms with E-state index in [0.717, 1.165) is 43.0 Å². The number of aromatic amines is 1. The average molecular weight is 561 g/mol. The third-order valence-corrected chi connectivity index (χ3v) is 9.05. The van der Waals surface area contributed by atoms with Crippen molar-refractivity contribution >= 4 is 28.6 Å². The number of Topliss-reactive ketones (excluding diaryl/α,β-unsaturated/α-hetero) is 1. The maximum atomic E-state index is 14.7. The summed E-state index contributed by atoms with van der Waals surface area (Å²) in [5.74, 6) is 0.513. The number of carbonyl (C=O) groups is 1. The smallest absolute Gasteiger partial charge is 0.287 e. The van der Waals surface area contributed by atoms with E-state index in [9.17, 15) is 14.0 Å². The number of anilines is 2. The maximum absolute atomic E-state index is 14.7. The number of benzene rings is 1. The first-order valence-electron chi connectivity index (χ1n) is 14.0. The van der Waals surface area contributed by atoms with E-state index in [2.05, 4.69) is 38.6 Å². The van der Waals surface area contributed by atoms with Gasteiger partial charge in [0.05, 0.1) is 22.8 Å². The Morgan fingerprint density at radius 3 is 2.88 bits per heavy atom. The first-order chi connectivity index (χ1) is 19.4. The predicted octanol–water partition coefficient (Wildman–Crippen LogP) is 5.50. The first-order valence-corrected chi connectivity index (χ1v) is 14.8. The van der Waals surface area contributed by atoms with Gasteiger partial charge in [-0.05, 0) is 93.5 Å². The monoisotopic (exact) mass is 560 g/mol. The number of aromatic nitrogens is 4. The second kappa shape index (κ2) is 11.5. The Labute approximate surface area is 236 Å². The third kappa shape index (κ3) is 5.78. The molecule has 0 unspecified atom stereocenters. The van der Waals surface area contributed by atoms with Crippen molar-refractivity contribution in [1.29, 1.82) is 0 Å². The predicted molar refractivity (Wildman–Crippen MR) is 155 cm³/mol. The number of halogens is 1. The number of thiophene rings is 1. The number of aryl methyl sites for hydroxylation is 3. The van der Waals surface area contributed by atoms with Gasteiger partial charge >= 0.3 is 0 Å². The topological polar surface area (TPSA) is 95.9 Å². The Morgan fingerprint density at radius 2 is 2.00 bits per heavy atom. The molecule has 40 heavy (non-hydrogen) atoms. The first kappa shape index (κ1) is 26.6. The van der Waals surface area contributed by atoms with Crippen molar-refractivity contribution in [2.45, 2.75) is 64.5 Å². The third-order valence-electron chi connectivity index (χ3n) is 7.77. The van der Waals surface area contributed by atoms with Gasteiger partial charge in [-0.2, -0.15) is 10.2 Å². The molecule has 208 valence electrons. The zero-order valence-electron chi connectivity index (χ0n) is 22.6. The quantitative estimate of drug-likeness (QED) is 0.207. The molecule has 2 aliphatic rings. The van der Waals surface area contributed by atoms with E-state index in [0.29, 0.717) is 54.0 Å². The van der Waals surface area contributed by atoms with Crippen LogP contribution in [-0.2, 0) is 32.4 Å². The Balaban J connectivity index is 1.10. The number of nitrogens with zero attached hydrogens (tertiary/aromatic N) is 4. The van der Waals surface area contributed by atoms with Gasteiger partial charge in [-0.1, -0.05) is 0 Å². The van der Waals surface area contributed by atoms with Gasteiger partial charge in [-0.3, -0.25) is 19.2 Å². The summed E-state index contributed by atoms with van der Waals surface area (Å²) >= 11 is 1.66. The molecule has 0 spiro atoms. The van der Waals surface area contributed by atoms with Crippen molar-refractivity contribution in [2.24, 2.45) is 0 Å². The zero-order chi connectivity index (χ0) is 27.6. The van der Waals surface area contributed by atoms with E-state index in [1.54, 1.807) is 29.5 Å². The molecule has 8 nitrogen and oxygen atoms in total. The number of hydrogen-bond donors (Lipinski definition) is 2. The number of carbonyl (C=O) groups excluding carboxylic acids is 1. The number of ketones is 1. The second-order valence-corrected chi connectivity index (χ2v) is 11.9. The van der Waals surface area contributed by atoms with E-state index in [1.807, 2.05) is 10.7 Å². The van der Waals surface area contributed by atoms with Crippen LogP contribution in [-0.4, -0.2) is 44.3 Å². The van der Waals surface area contributed by atoms with Crippen molar-refractivity contribution in [2.75, 3.05) is 18.9 Å². The summed E-state index contributed by atoms with van der Waals surface area (Å²) in [7, 11) is 2.07. The van der Waals surface area contributed by atoms with Crippen LogP contribution in [0.25, 0.3) is 11.3 Å². The SMILES string of the molecule is CN1CCn2nc(Nc3cc(-c4ccc(F)c(CCCCC(=O)c5cc6c(s5)CCCC6)c4)n[nH]c3=O)cc2C1. The van der Waals surface area contributed by atoms with Gasteiger partial charge in [0.2, 0.25) is 0 Å². The van der Waals surface area contributed by atoms with Crippen molar-refractivity contribution < 1.29 is 9.18 Å². The maximum Gasteiger partial charge on any atom is 0.287 e. The van der Waals surface area contributed by atoms with Gasteiger partial charge in [-0.25, -0.2) is 9.49 Å². The molecule has 3 aromatic heterocycles. The number of nitrogens with one attached hydrogen (secondary N) is 2. The summed E-state index contributed by atoms with van der Waals surface area (Å²) in [5.41, 5.74) is 4.22. The van der Waals surface area contributed by atoms with Crippen LogP contribution >= 0.6 is 11.3 Å². The van der Waals surface area contributed by atoms with Crippen LogP contribution in [0.3, 0.4) is 0 Å². The molecule has 4 heterocycles. The summed E-state index contributed by atoms with van der Waals surface area (Å²) in [5, 5.41) is 14.4. The Hall–Kier alpha value is -3.63. The Kier molecular flexibility index (Phi) is 7.62. The van der Waals surface area contributed by atoms with Crippen molar-refractivity contribution in [1.82, 2.24) is 24.9 Å². The molecule has 0 bridgehead atoms. The molecule has 1 aliphatic heterocycles. The fourth-order valence-corrected chi connectivity index (χ4v) is 6.74. The van der Waals surface area contributed by atoms with Gasteiger partial charge < -0.3 is 5.32 Å². The van der Waals surface area contributed by atoms with Crippen LogP contribution in [0.2, 0.25) is 0 Å². The highest BCUT2D eigenvalue weighted by atomic mass is 32.1. The number of hydrogen-bond acceptors (Lipinski definition) is 7. The van der Waals surface area contributed by atoms with Gasteiger partial charge in [-0.15, -0.1) is 11.3 Å². The fraction of sp³-hybridized carbons (Fsp3) is 0.400. The minimum atomic E-state index is -0.356. The van der Waals surface area contributed by atoms with Crippen molar-refractivity contribution in [3.05, 3.63) is 79.1 Å². The van der Waals surface area contributed by atoms with Crippen LogP contribution < -0.4 is 10.9 Å². The molecule has 0 saturated heterocycles.